The van der Waals surface area contributed by atoms with Gasteiger partial charge in [0.1, 0.15) is 5.01 Å². The van der Waals surface area contributed by atoms with Crippen LogP contribution in [-0.4, -0.2) is 24.7 Å². The zero-order valence-corrected chi connectivity index (χ0v) is 11.6. The van der Waals surface area contributed by atoms with Gasteiger partial charge in [-0.1, -0.05) is 6.92 Å². The first-order valence-electron chi connectivity index (χ1n) is 5.75. The van der Waals surface area contributed by atoms with Gasteiger partial charge in [-0.25, -0.2) is 4.98 Å². The molecule has 1 heterocycles. The molecule has 16 heavy (non-hydrogen) atoms. The number of nitrogens with one attached hydrogen (secondary N) is 1. The molecule has 0 aliphatic carbocycles. The molecule has 1 aromatic heterocycles. The number of rotatable bonds is 6. The van der Waals surface area contributed by atoms with E-state index in [1.54, 1.807) is 18.4 Å². The number of hydrogen-bond acceptors (Lipinski definition) is 4. The van der Waals surface area contributed by atoms with Gasteiger partial charge in [-0.3, -0.25) is 0 Å². The number of hydrogen-bond donors (Lipinski definition) is 1. The summed E-state index contributed by atoms with van der Waals surface area (Å²) in [5.74, 6) is 0. The largest absolute Gasteiger partial charge is 0.379 e. The van der Waals surface area contributed by atoms with Crippen molar-refractivity contribution in [2.45, 2.75) is 45.8 Å². The van der Waals surface area contributed by atoms with Crippen molar-refractivity contribution in [3.8, 4) is 0 Å². The van der Waals surface area contributed by atoms with Crippen LogP contribution in [0.5, 0.6) is 0 Å². The molecule has 3 nitrogen and oxygen atoms in total. The standard InChI is InChI=1S/C12H22N2OS/c1-6-7-13-12(4,10(3)15-5)11-14-9(2)8-16-11/h8,10,13H,6-7H2,1-5H3. The third kappa shape index (κ3) is 2.81. The second-order valence-corrected chi connectivity index (χ2v) is 5.16. The Kier molecular flexibility index (Phi) is 4.89. The molecule has 0 aliphatic heterocycles. The van der Waals surface area contributed by atoms with Crippen LogP contribution in [0.1, 0.15) is 37.9 Å². The molecular formula is C12H22N2OS. The van der Waals surface area contributed by atoms with Crippen molar-refractivity contribution in [2.24, 2.45) is 0 Å². The molecule has 0 fully saturated rings. The second-order valence-electron chi connectivity index (χ2n) is 4.30. The smallest absolute Gasteiger partial charge is 0.115 e. The van der Waals surface area contributed by atoms with Gasteiger partial charge in [0.15, 0.2) is 0 Å². The highest BCUT2D eigenvalue weighted by Crippen LogP contribution is 2.29. The predicted molar refractivity (Wildman–Crippen MR) is 69.0 cm³/mol. The van der Waals surface area contributed by atoms with E-state index in [9.17, 15) is 0 Å². The van der Waals surface area contributed by atoms with Crippen LogP contribution in [0.2, 0.25) is 0 Å². The Morgan fingerprint density at radius 3 is 2.75 bits per heavy atom. The fourth-order valence-electron chi connectivity index (χ4n) is 1.61. The molecule has 0 saturated carbocycles. The molecule has 0 aromatic carbocycles. The quantitative estimate of drug-likeness (QED) is 0.833. The lowest BCUT2D eigenvalue weighted by atomic mass is 9.96. The van der Waals surface area contributed by atoms with Crippen LogP contribution >= 0.6 is 11.3 Å². The van der Waals surface area contributed by atoms with E-state index in [1.807, 2.05) is 6.92 Å². The number of methoxy groups -OCH3 is 1. The van der Waals surface area contributed by atoms with Crippen LogP contribution in [0.3, 0.4) is 0 Å². The van der Waals surface area contributed by atoms with Gasteiger partial charge in [-0.15, -0.1) is 11.3 Å². The number of ether oxygens (including phenoxy) is 1. The van der Waals surface area contributed by atoms with E-state index < -0.39 is 0 Å². The SMILES string of the molecule is CCCNC(C)(c1nc(C)cs1)C(C)OC. The first-order valence-corrected chi connectivity index (χ1v) is 6.63. The average Bonchev–Trinajstić information content (AvgIpc) is 2.72. The minimum Gasteiger partial charge on any atom is -0.379 e. The summed E-state index contributed by atoms with van der Waals surface area (Å²) in [6.45, 7) is 9.41. The van der Waals surface area contributed by atoms with Crippen molar-refractivity contribution < 1.29 is 4.74 Å². The molecule has 2 unspecified atom stereocenters. The van der Waals surface area contributed by atoms with Gasteiger partial charge in [0.2, 0.25) is 0 Å². The van der Waals surface area contributed by atoms with Crippen molar-refractivity contribution in [3.05, 3.63) is 16.1 Å². The minimum atomic E-state index is -0.191. The first-order chi connectivity index (χ1) is 7.54. The van der Waals surface area contributed by atoms with E-state index in [2.05, 4.69) is 36.5 Å². The van der Waals surface area contributed by atoms with Crippen LogP contribution in [0.4, 0.5) is 0 Å². The Morgan fingerprint density at radius 1 is 1.62 bits per heavy atom. The summed E-state index contributed by atoms with van der Waals surface area (Å²) in [4.78, 5) is 4.58. The normalized spacial score (nSPS) is 17.1. The maximum atomic E-state index is 5.48. The summed E-state index contributed by atoms with van der Waals surface area (Å²) < 4.78 is 5.48. The molecule has 1 N–H and O–H groups in total. The summed E-state index contributed by atoms with van der Waals surface area (Å²) in [6.07, 6.45) is 1.21. The third-order valence-corrected chi connectivity index (χ3v) is 4.17. The molecule has 2 atom stereocenters. The maximum Gasteiger partial charge on any atom is 0.115 e. The molecule has 92 valence electrons. The Morgan fingerprint density at radius 2 is 2.31 bits per heavy atom. The van der Waals surface area contributed by atoms with E-state index in [0.717, 1.165) is 23.7 Å². The third-order valence-electron chi connectivity index (χ3n) is 2.97. The molecule has 0 saturated heterocycles. The zero-order chi connectivity index (χ0) is 12.2. The van der Waals surface area contributed by atoms with Gasteiger partial charge in [0.25, 0.3) is 0 Å². The van der Waals surface area contributed by atoms with E-state index in [-0.39, 0.29) is 11.6 Å². The average molecular weight is 242 g/mol. The fourth-order valence-corrected chi connectivity index (χ4v) is 2.62. The molecule has 0 spiro atoms. The van der Waals surface area contributed by atoms with Crippen molar-refractivity contribution >= 4 is 11.3 Å². The van der Waals surface area contributed by atoms with Gasteiger partial charge >= 0.3 is 0 Å². The fraction of sp³-hybridized carbons (Fsp3) is 0.750. The van der Waals surface area contributed by atoms with Crippen molar-refractivity contribution in [1.82, 2.24) is 10.3 Å². The van der Waals surface area contributed by atoms with E-state index >= 15 is 0 Å². The lowest BCUT2D eigenvalue weighted by molar-refractivity contribution is 0.0362. The summed E-state index contributed by atoms with van der Waals surface area (Å²) in [5.41, 5.74) is 0.886. The number of aryl methyl sites for hydroxylation is 1. The van der Waals surface area contributed by atoms with Gasteiger partial charge in [0.05, 0.1) is 11.6 Å². The van der Waals surface area contributed by atoms with E-state index in [1.165, 1.54) is 0 Å². The van der Waals surface area contributed by atoms with Gasteiger partial charge < -0.3 is 10.1 Å². The van der Waals surface area contributed by atoms with Crippen molar-refractivity contribution in [2.75, 3.05) is 13.7 Å². The topological polar surface area (TPSA) is 34.2 Å². The van der Waals surface area contributed by atoms with Crippen LogP contribution in [-0.2, 0) is 10.3 Å². The monoisotopic (exact) mass is 242 g/mol. The highest BCUT2D eigenvalue weighted by atomic mass is 32.1. The van der Waals surface area contributed by atoms with E-state index in [0.29, 0.717) is 0 Å². The lowest BCUT2D eigenvalue weighted by Gasteiger charge is -2.34. The molecule has 4 heteroatoms. The van der Waals surface area contributed by atoms with Gasteiger partial charge in [-0.2, -0.15) is 0 Å². The van der Waals surface area contributed by atoms with E-state index in [4.69, 9.17) is 4.74 Å². The number of nitrogens with zero attached hydrogens (tertiary/aromatic N) is 1. The Labute approximate surface area is 102 Å². The van der Waals surface area contributed by atoms with Crippen LogP contribution in [0, 0.1) is 6.92 Å². The van der Waals surface area contributed by atoms with Crippen LogP contribution in [0.25, 0.3) is 0 Å². The molecular weight excluding hydrogens is 220 g/mol. The Hall–Kier alpha value is -0.450. The van der Waals surface area contributed by atoms with Crippen molar-refractivity contribution in [3.63, 3.8) is 0 Å². The van der Waals surface area contributed by atoms with Crippen LogP contribution < -0.4 is 5.32 Å². The summed E-state index contributed by atoms with van der Waals surface area (Å²) in [6, 6.07) is 0. The molecule has 1 rings (SSSR count). The second kappa shape index (κ2) is 5.75. The van der Waals surface area contributed by atoms with Gasteiger partial charge in [0, 0.05) is 18.2 Å². The molecule has 0 amide bonds. The highest BCUT2D eigenvalue weighted by Gasteiger charge is 2.35. The lowest BCUT2D eigenvalue weighted by Crippen LogP contribution is -2.49. The van der Waals surface area contributed by atoms with Crippen LogP contribution in [0.15, 0.2) is 5.38 Å². The first kappa shape index (κ1) is 13.6. The summed E-state index contributed by atoms with van der Waals surface area (Å²) in [7, 11) is 1.75. The Bertz CT molecular complexity index is 327. The number of thiazole rings is 1. The molecule has 0 aliphatic rings. The summed E-state index contributed by atoms with van der Waals surface area (Å²) >= 11 is 1.70. The highest BCUT2D eigenvalue weighted by molar-refractivity contribution is 7.09. The van der Waals surface area contributed by atoms with Gasteiger partial charge in [-0.05, 0) is 33.7 Å². The predicted octanol–water partition coefficient (Wildman–Crippen LogP) is 2.70. The van der Waals surface area contributed by atoms with Crippen molar-refractivity contribution in [1.29, 1.82) is 0 Å². The zero-order valence-electron chi connectivity index (χ0n) is 10.8. The molecule has 0 bridgehead atoms. The summed E-state index contributed by atoms with van der Waals surface area (Å²) in [5, 5.41) is 6.74. The molecule has 0 radical (unpaired) electrons. The maximum absolute atomic E-state index is 5.48. The Balaban J connectivity index is 2.94. The molecule has 1 aromatic rings. The number of aromatic nitrogens is 1. The minimum absolute atomic E-state index is 0.101.